The molecule has 8 nitrogen and oxygen atoms in total. The summed E-state index contributed by atoms with van der Waals surface area (Å²) in [4.78, 5) is 39.7. The molecule has 2 saturated heterocycles. The van der Waals surface area contributed by atoms with Crippen molar-refractivity contribution in [1.82, 2.24) is 24.7 Å². The van der Waals surface area contributed by atoms with Crippen LogP contribution in [-0.4, -0.2) is 69.4 Å². The highest BCUT2D eigenvalue weighted by Gasteiger charge is 2.56. The molecule has 1 N–H and O–H groups in total. The van der Waals surface area contributed by atoms with Crippen molar-refractivity contribution < 1.29 is 14.3 Å². The fourth-order valence-electron chi connectivity index (χ4n) is 4.73. The molecule has 4 rings (SSSR count). The van der Waals surface area contributed by atoms with Crippen LogP contribution in [0.2, 0.25) is 0 Å². The number of carbonyl (C=O) groups is 2. The molecule has 172 valence electrons. The minimum Gasteiger partial charge on any atom is -0.497 e. The second-order valence-electron chi connectivity index (χ2n) is 8.85. The van der Waals surface area contributed by atoms with E-state index in [1.807, 2.05) is 30.5 Å². The standard InChI is InChI=1S/C24H33N5O3/c1-4-5-6-21-25-15-19(26-21)17-28-13-11-24(12-14-28)22(30)29(23(31)27(24)2)16-18-7-9-20(32-3)10-8-18/h7-10,15H,4-6,11-14,16-17H2,1-3H3,(H,25,26). The van der Waals surface area contributed by atoms with Crippen LogP contribution in [0.3, 0.4) is 0 Å². The first-order valence-corrected chi connectivity index (χ1v) is 11.4. The van der Waals surface area contributed by atoms with Crippen molar-refractivity contribution in [3.8, 4) is 5.75 Å². The number of amides is 3. The van der Waals surface area contributed by atoms with E-state index in [1.165, 1.54) is 4.90 Å². The number of benzene rings is 1. The van der Waals surface area contributed by atoms with Gasteiger partial charge in [-0.3, -0.25) is 14.6 Å². The topological polar surface area (TPSA) is 81.8 Å². The third-order valence-electron chi connectivity index (χ3n) is 6.83. The summed E-state index contributed by atoms with van der Waals surface area (Å²) in [7, 11) is 3.38. The number of nitrogens with zero attached hydrogens (tertiary/aromatic N) is 4. The second-order valence-corrected chi connectivity index (χ2v) is 8.85. The van der Waals surface area contributed by atoms with Gasteiger partial charge in [0.15, 0.2) is 0 Å². The summed E-state index contributed by atoms with van der Waals surface area (Å²) < 4.78 is 5.19. The SMILES string of the molecule is CCCCc1ncc(CN2CCC3(CC2)C(=O)N(Cc2ccc(OC)cc2)C(=O)N3C)[nH]1. The number of rotatable bonds is 8. The first-order chi connectivity index (χ1) is 15.5. The number of unbranched alkanes of at least 4 members (excludes halogenated alkanes) is 1. The first kappa shape index (κ1) is 22.3. The van der Waals surface area contributed by atoms with E-state index in [-0.39, 0.29) is 18.5 Å². The number of likely N-dealkylation sites (N-methyl/N-ethyl adjacent to an activating group) is 1. The van der Waals surface area contributed by atoms with Gasteiger partial charge in [0.1, 0.15) is 17.1 Å². The molecule has 32 heavy (non-hydrogen) atoms. The van der Waals surface area contributed by atoms with Gasteiger partial charge in [0.05, 0.1) is 13.7 Å². The predicted octanol–water partition coefficient (Wildman–Crippen LogP) is 3.19. The van der Waals surface area contributed by atoms with E-state index < -0.39 is 5.54 Å². The molecule has 0 saturated carbocycles. The summed E-state index contributed by atoms with van der Waals surface area (Å²) in [6, 6.07) is 7.27. The van der Waals surface area contributed by atoms with E-state index >= 15 is 0 Å². The largest absolute Gasteiger partial charge is 0.497 e. The highest BCUT2D eigenvalue weighted by atomic mass is 16.5. The van der Waals surface area contributed by atoms with Crippen LogP contribution in [0.1, 0.15) is 49.7 Å². The number of likely N-dealkylation sites (tertiary alicyclic amines) is 1. The lowest BCUT2D eigenvalue weighted by Gasteiger charge is -2.40. The van der Waals surface area contributed by atoms with Crippen LogP contribution in [0.4, 0.5) is 4.79 Å². The Morgan fingerprint density at radius 3 is 2.50 bits per heavy atom. The fraction of sp³-hybridized carbons (Fsp3) is 0.542. The van der Waals surface area contributed by atoms with Crippen molar-refractivity contribution in [3.05, 3.63) is 47.5 Å². The van der Waals surface area contributed by atoms with Crippen molar-refractivity contribution in [1.29, 1.82) is 0 Å². The molecule has 2 fully saturated rings. The molecule has 8 heteroatoms. The van der Waals surface area contributed by atoms with E-state index in [1.54, 1.807) is 19.1 Å². The van der Waals surface area contributed by atoms with Crippen LogP contribution >= 0.6 is 0 Å². The lowest BCUT2D eigenvalue weighted by molar-refractivity contribution is -0.135. The number of aromatic amines is 1. The summed E-state index contributed by atoms with van der Waals surface area (Å²) in [5, 5.41) is 0. The van der Waals surface area contributed by atoms with Crippen molar-refractivity contribution in [2.24, 2.45) is 0 Å². The van der Waals surface area contributed by atoms with E-state index in [2.05, 4.69) is 21.8 Å². The van der Waals surface area contributed by atoms with Gasteiger partial charge >= 0.3 is 6.03 Å². The Bertz CT molecular complexity index is 947. The normalized spacial score (nSPS) is 18.7. The quantitative estimate of drug-likeness (QED) is 0.639. The maximum absolute atomic E-state index is 13.4. The van der Waals surface area contributed by atoms with Crippen molar-refractivity contribution >= 4 is 11.9 Å². The van der Waals surface area contributed by atoms with Crippen LogP contribution in [0.5, 0.6) is 5.75 Å². The van der Waals surface area contributed by atoms with Gasteiger partial charge < -0.3 is 14.6 Å². The molecule has 3 heterocycles. The number of ether oxygens (including phenoxy) is 1. The summed E-state index contributed by atoms with van der Waals surface area (Å²) in [6.07, 6.45) is 6.47. The van der Waals surface area contributed by atoms with E-state index in [0.29, 0.717) is 12.8 Å². The monoisotopic (exact) mass is 439 g/mol. The van der Waals surface area contributed by atoms with Gasteiger partial charge in [-0.1, -0.05) is 25.5 Å². The zero-order valence-electron chi connectivity index (χ0n) is 19.3. The summed E-state index contributed by atoms with van der Waals surface area (Å²) in [5.74, 6) is 1.72. The third-order valence-corrected chi connectivity index (χ3v) is 6.83. The van der Waals surface area contributed by atoms with Gasteiger partial charge in [0, 0.05) is 45.0 Å². The maximum Gasteiger partial charge on any atom is 0.327 e. The number of imide groups is 1. The van der Waals surface area contributed by atoms with E-state index in [0.717, 1.165) is 61.7 Å². The maximum atomic E-state index is 13.4. The van der Waals surface area contributed by atoms with Gasteiger partial charge in [-0.05, 0) is 37.0 Å². The summed E-state index contributed by atoms with van der Waals surface area (Å²) >= 11 is 0. The molecular weight excluding hydrogens is 406 g/mol. The number of aryl methyl sites for hydroxylation is 1. The van der Waals surface area contributed by atoms with Gasteiger partial charge in [-0.25, -0.2) is 9.78 Å². The average molecular weight is 440 g/mol. The number of imidazole rings is 1. The van der Waals surface area contributed by atoms with Crippen LogP contribution in [0.15, 0.2) is 30.5 Å². The molecule has 0 aliphatic carbocycles. The molecule has 2 aliphatic rings. The number of nitrogens with one attached hydrogen (secondary N) is 1. The third kappa shape index (κ3) is 4.24. The Kier molecular flexibility index (Phi) is 6.50. The predicted molar refractivity (Wildman–Crippen MR) is 121 cm³/mol. The van der Waals surface area contributed by atoms with Gasteiger partial charge in [0.25, 0.3) is 5.91 Å². The zero-order valence-corrected chi connectivity index (χ0v) is 19.3. The molecule has 1 aromatic carbocycles. The number of urea groups is 1. The smallest absolute Gasteiger partial charge is 0.327 e. The molecule has 0 bridgehead atoms. The molecule has 3 amide bonds. The number of aromatic nitrogens is 2. The molecule has 1 aromatic heterocycles. The minimum absolute atomic E-state index is 0.0798. The highest BCUT2D eigenvalue weighted by Crippen LogP contribution is 2.37. The van der Waals surface area contributed by atoms with E-state index in [4.69, 9.17) is 4.74 Å². The van der Waals surface area contributed by atoms with Crippen molar-refractivity contribution in [2.45, 2.75) is 57.7 Å². The first-order valence-electron chi connectivity index (χ1n) is 11.4. The van der Waals surface area contributed by atoms with Gasteiger partial charge in [-0.15, -0.1) is 0 Å². The molecule has 0 atom stereocenters. The molecule has 0 unspecified atom stereocenters. The summed E-state index contributed by atoms with van der Waals surface area (Å²) in [5.41, 5.74) is 1.28. The molecule has 2 aromatic rings. The molecule has 1 spiro atoms. The van der Waals surface area contributed by atoms with Crippen LogP contribution < -0.4 is 4.74 Å². The number of hydrogen-bond acceptors (Lipinski definition) is 5. The van der Waals surface area contributed by atoms with Crippen LogP contribution in [0.25, 0.3) is 0 Å². The number of piperidine rings is 1. The molecule has 2 aliphatic heterocycles. The number of H-pyrrole nitrogens is 1. The van der Waals surface area contributed by atoms with Gasteiger partial charge in [-0.2, -0.15) is 0 Å². The summed E-state index contributed by atoms with van der Waals surface area (Å²) in [6.45, 7) is 4.78. The minimum atomic E-state index is -0.736. The van der Waals surface area contributed by atoms with Crippen molar-refractivity contribution in [3.63, 3.8) is 0 Å². The zero-order chi connectivity index (χ0) is 22.7. The number of hydrogen-bond donors (Lipinski definition) is 1. The Balaban J connectivity index is 1.38. The highest BCUT2D eigenvalue weighted by molar-refractivity contribution is 6.06. The van der Waals surface area contributed by atoms with Crippen molar-refractivity contribution in [2.75, 3.05) is 27.2 Å². The lowest BCUT2D eigenvalue weighted by Crippen LogP contribution is -2.55. The number of methoxy groups -OCH3 is 1. The van der Waals surface area contributed by atoms with Gasteiger partial charge in [0.2, 0.25) is 0 Å². The molecular formula is C24H33N5O3. The Labute approximate surface area is 189 Å². The fourth-order valence-corrected chi connectivity index (χ4v) is 4.73. The van der Waals surface area contributed by atoms with Crippen LogP contribution in [-0.2, 0) is 24.3 Å². The lowest BCUT2D eigenvalue weighted by atomic mass is 9.86. The molecule has 0 radical (unpaired) electrons. The average Bonchev–Trinajstić information content (AvgIpc) is 3.33. The van der Waals surface area contributed by atoms with Crippen LogP contribution in [0, 0.1) is 0 Å². The Morgan fingerprint density at radius 1 is 1.12 bits per heavy atom. The number of carbonyl (C=O) groups excluding carboxylic acids is 2. The Hall–Kier alpha value is -2.87. The van der Waals surface area contributed by atoms with E-state index in [9.17, 15) is 9.59 Å². The second kappa shape index (κ2) is 9.32. The Morgan fingerprint density at radius 2 is 1.84 bits per heavy atom.